The SMILES string of the molecule is CCCC(N)C(=O)NCC1CCN(c2ccncc2)CC1. The van der Waals surface area contributed by atoms with Crippen molar-refractivity contribution in [1.82, 2.24) is 10.3 Å². The molecule has 1 fully saturated rings. The molecule has 116 valence electrons. The summed E-state index contributed by atoms with van der Waals surface area (Å²) in [4.78, 5) is 18.2. The van der Waals surface area contributed by atoms with Crippen LogP contribution < -0.4 is 16.0 Å². The summed E-state index contributed by atoms with van der Waals surface area (Å²) in [6, 6.07) is 3.74. The third-order valence-electron chi connectivity index (χ3n) is 4.14. The molecule has 0 aromatic carbocycles. The fourth-order valence-electron chi connectivity index (χ4n) is 2.77. The minimum absolute atomic E-state index is 0.00610. The lowest BCUT2D eigenvalue weighted by Gasteiger charge is -2.33. The van der Waals surface area contributed by atoms with Crippen LogP contribution in [-0.4, -0.2) is 36.6 Å². The summed E-state index contributed by atoms with van der Waals surface area (Å²) in [5.74, 6) is 0.550. The Morgan fingerprint density at radius 3 is 2.71 bits per heavy atom. The summed E-state index contributed by atoms with van der Waals surface area (Å²) >= 11 is 0. The molecule has 1 saturated heterocycles. The maximum Gasteiger partial charge on any atom is 0.236 e. The average Bonchev–Trinajstić information content (AvgIpc) is 2.54. The van der Waals surface area contributed by atoms with E-state index in [4.69, 9.17) is 5.73 Å². The predicted molar refractivity (Wildman–Crippen MR) is 85.1 cm³/mol. The van der Waals surface area contributed by atoms with Crippen molar-refractivity contribution in [3.63, 3.8) is 0 Å². The van der Waals surface area contributed by atoms with Gasteiger partial charge in [0.05, 0.1) is 6.04 Å². The van der Waals surface area contributed by atoms with E-state index in [1.165, 1.54) is 5.69 Å². The summed E-state index contributed by atoms with van der Waals surface area (Å²) in [6.45, 7) is 4.86. The van der Waals surface area contributed by atoms with Gasteiger partial charge in [0.25, 0.3) is 0 Å². The zero-order valence-electron chi connectivity index (χ0n) is 12.8. The van der Waals surface area contributed by atoms with Crippen LogP contribution in [0, 0.1) is 5.92 Å². The van der Waals surface area contributed by atoms with Crippen molar-refractivity contribution in [2.45, 2.75) is 38.6 Å². The molecule has 5 nitrogen and oxygen atoms in total. The fourth-order valence-corrected chi connectivity index (χ4v) is 2.77. The highest BCUT2D eigenvalue weighted by Crippen LogP contribution is 2.22. The standard InChI is InChI=1S/C16H26N4O/c1-2-3-15(17)16(21)19-12-13-6-10-20(11-7-13)14-4-8-18-9-5-14/h4-5,8-9,13,15H,2-3,6-7,10-12,17H2,1H3,(H,19,21). The van der Waals surface area contributed by atoms with Gasteiger partial charge in [-0.2, -0.15) is 0 Å². The summed E-state index contributed by atoms with van der Waals surface area (Å²) in [5.41, 5.74) is 7.05. The molecule has 21 heavy (non-hydrogen) atoms. The monoisotopic (exact) mass is 290 g/mol. The Morgan fingerprint density at radius 1 is 1.43 bits per heavy atom. The Bertz CT molecular complexity index is 429. The van der Waals surface area contributed by atoms with Gasteiger partial charge in [-0.25, -0.2) is 0 Å². The number of piperidine rings is 1. The van der Waals surface area contributed by atoms with Crippen LogP contribution in [0.3, 0.4) is 0 Å². The van der Waals surface area contributed by atoms with E-state index in [2.05, 4.69) is 15.2 Å². The minimum atomic E-state index is -0.355. The number of nitrogens with two attached hydrogens (primary N) is 1. The maximum atomic E-state index is 11.8. The van der Waals surface area contributed by atoms with E-state index in [9.17, 15) is 4.79 Å². The Labute approximate surface area is 126 Å². The van der Waals surface area contributed by atoms with E-state index in [0.717, 1.165) is 45.3 Å². The highest BCUT2D eigenvalue weighted by Gasteiger charge is 2.21. The number of carbonyl (C=O) groups excluding carboxylic acids is 1. The second-order valence-corrected chi connectivity index (χ2v) is 5.78. The molecule has 1 aliphatic rings. The molecule has 1 aromatic heterocycles. The van der Waals surface area contributed by atoms with Gasteiger partial charge in [-0.05, 0) is 37.3 Å². The van der Waals surface area contributed by atoms with E-state index in [1.54, 1.807) is 0 Å². The second kappa shape index (κ2) is 7.98. The van der Waals surface area contributed by atoms with Crippen LogP contribution in [-0.2, 0) is 4.79 Å². The van der Waals surface area contributed by atoms with Crippen LogP contribution in [0.2, 0.25) is 0 Å². The second-order valence-electron chi connectivity index (χ2n) is 5.78. The Morgan fingerprint density at radius 2 is 2.10 bits per heavy atom. The molecule has 1 amide bonds. The van der Waals surface area contributed by atoms with Crippen LogP contribution in [0.4, 0.5) is 5.69 Å². The largest absolute Gasteiger partial charge is 0.371 e. The Balaban J connectivity index is 1.71. The van der Waals surface area contributed by atoms with E-state index in [1.807, 2.05) is 31.5 Å². The molecule has 0 bridgehead atoms. The minimum Gasteiger partial charge on any atom is -0.371 e. The zero-order chi connectivity index (χ0) is 15.1. The predicted octanol–water partition coefficient (Wildman–Crippen LogP) is 1.54. The number of carbonyl (C=O) groups is 1. The van der Waals surface area contributed by atoms with Crippen LogP contribution in [0.25, 0.3) is 0 Å². The first kappa shape index (κ1) is 15.8. The third kappa shape index (κ3) is 4.70. The first-order valence-corrected chi connectivity index (χ1v) is 7.89. The molecule has 2 rings (SSSR count). The maximum absolute atomic E-state index is 11.8. The van der Waals surface area contributed by atoms with Gasteiger partial charge in [-0.15, -0.1) is 0 Å². The number of hydrogen-bond donors (Lipinski definition) is 2. The third-order valence-corrected chi connectivity index (χ3v) is 4.14. The lowest BCUT2D eigenvalue weighted by Crippen LogP contribution is -2.44. The van der Waals surface area contributed by atoms with E-state index < -0.39 is 0 Å². The van der Waals surface area contributed by atoms with Crippen LogP contribution in [0.5, 0.6) is 0 Å². The van der Waals surface area contributed by atoms with Crippen LogP contribution in [0.1, 0.15) is 32.6 Å². The first-order valence-electron chi connectivity index (χ1n) is 7.89. The van der Waals surface area contributed by atoms with Gasteiger partial charge in [-0.3, -0.25) is 9.78 Å². The molecule has 3 N–H and O–H groups in total. The van der Waals surface area contributed by atoms with Gasteiger partial charge in [0.15, 0.2) is 0 Å². The van der Waals surface area contributed by atoms with Gasteiger partial charge in [0.1, 0.15) is 0 Å². The van der Waals surface area contributed by atoms with Crippen LogP contribution >= 0.6 is 0 Å². The number of aromatic nitrogens is 1. The smallest absolute Gasteiger partial charge is 0.236 e. The topological polar surface area (TPSA) is 71.2 Å². The number of amides is 1. The Hall–Kier alpha value is -1.62. The lowest BCUT2D eigenvalue weighted by molar-refractivity contribution is -0.122. The van der Waals surface area contributed by atoms with Crippen molar-refractivity contribution in [1.29, 1.82) is 0 Å². The molecule has 1 aromatic rings. The molecule has 1 atom stereocenters. The highest BCUT2D eigenvalue weighted by atomic mass is 16.2. The molecule has 0 radical (unpaired) electrons. The van der Waals surface area contributed by atoms with Crippen molar-refractivity contribution >= 4 is 11.6 Å². The average molecular weight is 290 g/mol. The van der Waals surface area contributed by atoms with E-state index >= 15 is 0 Å². The normalized spacial score (nSPS) is 17.5. The summed E-state index contributed by atoms with van der Waals surface area (Å²) < 4.78 is 0. The van der Waals surface area contributed by atoms with Crippen molar-refractivity contribution in [3.05, 3.63) is 24.5 Å². The van der Waals surface area contributed by atoms with Gasteiger partial charge < -0.3 is 16.0 Å². The van der Waals surface area contributed by atoms with Crippen molar-refractivity contribution in [3.8, 4) is 0 Å². The number of pyridine rings is 1. The molecule has 0 saturated carbocycles. The van der Waals surface area contributed by atoms with Crippen molar-refractivity contribution < 1.29 is 4.79 Å². The molecule has 5 heteroatoms. The number of hydrogen-bond acceptors (Lipinski definition) is 4. The lowest BCUT2D eigenvalue weighted by atomic mass is 9.96. The highest BCUT2D eigenvalue weighted by molar-refractivity contribution is 5.81. The zero-order valence-corrected chi connectivity index (χ0v) is 12.8. The molecule has 0 spiro atoms. The van der Waals surface area contributed by atoms with Gasteiger partial charge in [0, 0.05) is 37.7 Å². The molecule has 1 unspecified atom stereocenters. The van der Waals surface area contributed by atoms with Crippen molar-refractivity contribution in [2.24, 2.45) is 11.7 Å². The first-order chi connectivity index (χ1) is 10.2. The summed E-state index contributed by atoms with van der Waals surface area (Å²) in [7, 11) is 0. The molecular formula is C16H26N4O. The van der Waals surface area contributed by atoms with Crippen molar-refractivity contribution in [2.75, 3.05) is 24.5 Å². The quantitative estimate of drug-likeness (QED) is 0.833. The molecule has 1 aliphatic heterocycles. The number of nitrogens with one attached hydrogen (secondary N) is 1. The van der Waals surface area contributed by atoms with Gasteiger partial charge >= 0.3 is 0 Å². The fraction of sp³-hybridized carbons (Fsp3) is 0.625. The van der Waals surface area contributed by atoms with E-state index in [-0.39, 0.29) is 11.9 Å². The molecular weight excluding hydrogens is 264 g/mol. The molecule has 2 heterocycles. The summed E-state index contributed by atoms with van der Waals surface area (Å²) in [5, 5.41) is 3.00. The van der Waals surface area contributed by atoms with Crippen LogP contribution in [0.15, 0.2) is 24.5 Å². The number of nitrogens with zero attached hydrogens (tertiary/aromatic N) is 2. The number of rotatable bonds is 6. The van der Waals surface area contributed by atoms with Gasteiger partial charge in [0.2, 0.25) is 5.91 Å². The van der Waals surface area contributed by atoms with Gasteiger partial charge in [-0.1, -0.05) is 13.3 Å². The Kier molecular flexibility index (Phi) is 5.99. The van der Waals surface area contributed by atoms with E-state index in [0.29, 0.717) is 5.92 Å². The summed E-state index contributed by atoms with van der Waals surface area (Å²) in [6.07, 6.45) is 7.57. The molecule has 0 aliphatic carbocycles. The number of anilines is 1.